The fourth-order valence-electron chi connectivity index (χ4n) is 4.18. The molecular formula is C26H40O9. The topological polar surface area (TPSA) is 110 Å². The van der Waals surface area contributed by atoms with Gasteiger partial charge in [-0.1, -0.05) is 26.0 Å². The predicted octanol–water partition coefficient (Wildman–Crippen LogP) is 2.76. The summed E-state index contributed by atoms with van der Waals surface area (Å²) in [5.74, 6) is -0.817. The summed E-state index contributed by atoms with van der Waals surface area (Å²) in [5, 5.41) is 10.9. The Bertz CT molecular complexity index is 808. The van der Waals surface area contributed by atoms with E-state index in [9.17, 15) is 14.7 Å². The van der Waals surface area contributed by atoms with Crippen molar-refractivity contribution >= 4 is 11.8 Å². The lowest BCUT2D eigenvalue weighted by atomic mass is 9.82. The summed E-state index contributed by atoms with van der Waals surface area (Å²) in [6, 6.07) is 7.52. The first-order chi connectivity index (χ1) is 16.6. The SMILES string of the molecule is COCO[C@H]1[C@@H]([C@H](C[C@@H](O)[C@@H](C)C(=O)[C@H](C)COCc2ccc(OC)cc2)OC)OC(=O)C1(C)C. The molecule has 6 atom stereocenters. The number of Topliss-reactive ketones (excluding diaryl/α,β-unsaturated/α-hetero) is 1. The van der Waals surface area contributed by atoms with Crippen LogP contribution >= 0.6 is 0 Å². The van der Waals surface area contributed by atoms with Crippen LogP contribution in [0.4, 0.5) is 0 Å². The molecule has 0 amide bonds. The number of cyclic esters (lactones) is 1. The van der Waals surface area contributed by atoms with E-state index in [1.165, 1.54) is 14.2 Å². The van der Waals surface area contributed by atoms with Crippen LogP contribution in [0.15, 0.2) is 24.3 Å². The molecule has 35 heavy (non-hydrogen) atoms. The van der Waals surface area contributed by atoms with Crippen LogP contribution in [0.5, 0.6) is 5.75 Å². The minimum atomic E-state index is -0.998. The zero-order chi connectivity index (χ0) is 26.2. The van der Waals surface area contributed by atoms with Crippen LogP contribution in [-0.4, -0.2) is 76.0 Å². The second-order valence-electron chi connectivity index (χ2n) is 9.62. The second-order valence-corrected chi connectivity index (χ2v) is 9.62. The van der Waals surface area contributed by atoms with E-state index in [1.54, 1.807) is 34.8 Å². The average molecular weight is 497 g/mol. The van der Waals surface area contributed by atoms with Crippen molar-refractivity contribution in [2.75, 3.05) is 34.7 Å². The molecule has 1 N–H and O–H groups in total. The summed E-state index contributed by atoms with van der Waals surface area (Å²) < 4.78 is 32.7. The van der Waals surface area contributed by atoms with Gasteiger partial charge in [0.2, 0.25) is 0 Å². The first kappa shape index (κ1) is 29.2. The molecule has 1 heterocycles. The van der Waals surface area contributed by atoms with E-state index in [0.29, 0.717) is 6.61 Å². The highest BCUT2D eigenvalue weighted by Gasteiger charge is 2.55. The van der Waals surface area contributed by atoms with E-state index in [4.69, 9.17) is 28.4 Å². The van der Waals surface area contributed by atoms with Crippen LogP contribution in [0.25, 0.3) is 0 Å². The minimum absolute atomic E-state index is 0.0108. The van der Waals surface area contributed by atoms with Crippen molar-refractivity contribution < 1.29 is 43.1 Å². The average Bonchev–Trinajstić information content (AvgIpc) is 3.07. The number of aliphatic hydroxyl groups excluding tert-OH is 1. The molecule has 0 aliphatic carbocycles. The minimum Gasteiger partial charge on any atom is -0.497 e. The van der Waals surface area contributed by atoms with Gasteiger partial charge in [0.05, 0.1) is 37.9 Å². The third-order valence-corrected chi connectivity index (χ3v) is 6.59. The van der Waals surface area contributed by atoms with E-state index in [1.807, 2.05) is 24.3 Å². The quantitative estimate of drug-likeness (QED) is 0.289. The molecule has 0 bridgehead atoms. The van der Waals surface area contributed by atoms with Gasteiger partial charge in [0.15, 0.2) is 6.10 Å². The Labute approximate surface area is 208 Å². The molecule has 1 aliphatic heterocycles. The van der Waals surface area contributed by atoms with E-state index >= 15 is 0 Å². The Kier molecular flexibility index (Phi) is 11.1. The molecule has 9 nitrogen and oxygen atoms in total. The van der Waals surface area contributed by atoms with Crippen molar-refractivity contribution in [3.8, 4) is 5.75 Å². The third-order valence-electron chi connectivity index (χ3n) is 6.59. The lowest BCUT2D eigenvalue weighted by molar-refractivity contribution is -0.156. The molecule has 9 heteroatoms. The van der Waals surface area contributed by atoms with Gasteiger partial charge in [0.1, 0.15) is 24.4 Å². The lowest BCUT2D eigenvalue weighted by Crippen LogP contribution is -2.45. The Morgan fingerprint density at radius 2 is 1.80 bits per heavy atom. The summed E-state index contributed by atoms with van der Waals surface area (Å²) in [4.78, 5) is 25.4. The number of methoxy groups -OCH3 is 3. The summed E-state index contributed by atoms with van der Waals surface area (Å²) in [7, 11) is 4.58. The van der Waals surface area contributed by atoms with Gasteiger partial charge in [-0.05, 0) is 31.5 Å². The molecule has 0 unspecified atom stereocenters. The van der Waals surface area contributed by atoms with E-state index in [0.717, 1.165) is 11.3 Å². The molecule has 1 fully saturated rings. The molecule has 0 radical (unpaired) electrons. The first-order valence-corrected chi connectivity index (χ1v) is 11.8. The number of hydrogen-bond donors (Lipinski definition) is 1. The normalized spacial score (nSPS) is 22.8. The lowest BCUT2D eigenvalue weighted by Gasteiger charge is -2.31. The molecular weight excluding hydrogens is 456 g/mol. The molecule has 0 spiro atoms. The molecule has 2 rings (SSSR count). The summed E-state index contributed by atoms with van der Waals surface area (Å²) in [5.41, 5.74) is 0.0722. The van der Waals surface area contributed by atoms with Gasteiger partial charge >= 0.3 is 5.97 Å². The smallest absolute Gasteiger partial charge is 0.314 e. The number of hydrogen-bond acceptors (Lipinski definition) is 9. The monoisotopic (exact) mass is 496 g/mol. The predicted molar refractivity (Wildman–Crippen MR) is 128 cm³/mol. The zero-order valence-corrected chi connectivity index (χ0v) is 21.8. The van der Waals surface area contributed by atoms with Crippen LogP contribution in [0.2, 0.25) is 0 Å². The summed E-state index contributed by atoms with van der Waals surface area (Å²) in [6.45, 7) is 7.53. The van der Waals surface area contributed by atoms with Crippen LogP contribution in [0, 0.1) is 17.3 Å². The number of carbonyl (C=O) groups excluding carboxylic acids is 2. The Morgan fingerprint density at radius 1 is 1.14 bits per heavy atom. The van der Waals surface area contributed by atoms with Gasteiger partial charge in [-0.3, -0.25) is 9.59 Å². The number of esters is 1. The Balaban J connectivity index is 1.92. The number of ether oxygens (including phenoxy) is 6. The maximum absolute atomic E-state index is 12.9. The second kappa shape index (κ2) is 13.3. The molecule has 1 aliphatic rings. The first-order valence-electron chi connectivity index (χ1n) is 11.8. The summed E-state index contributed by atoms with van der Waals surface area (Å²) in [6.07, 6.45) is -2.91. The van der Waals surface area contributed by atoms with Crippen molar-refractivity contribution in [1.82, 2.24) is 0 Å². The largest absolute Gasteiger partial charge is 0.497 e. The maximum atomic E-state index is 12.9. The van der Waals surface area contributed by atoms with Crippen LogP contribution < -0.4 is 4.74 Å². The van der Waals surface area contributed by atoms with Gasteiger partial charge < -0.3 is 33.5 Å². The fraction of sp³-hybridized carbons (Fsp3) is 0.692. The standard InChI is InChI=1S/C26H40O9/c1-16(13-33-14-18-8-10-19(31-6)11-9-18)22(28)17(2)20(27)12-21(32-7)23-24(34-15-30-5)26(3,4)25(29)35-23/h8-11,16-17,20-21,23-24,27H,12-15H2,1-7H3/t16-,17-,20-,21+,23-,24+/m1/s1. The number of carbonyl (C=O) groups is 2. The number of benzene rings is 1. The highest BCUT2D eigenvalue weighted by molar-refractivity contribution is 5.83. The van der Waals surface area contributed by atoms with E-state index < -0.39 is 47.6 Å². The highest BCUT2D eigenvalue weighted by Crippen LogP contribution is 2.39. The van der Waals surface area contributed by atoms with Gasteiger partial charge in [0.25, 0.3) is 0 Å². The van der Waals surface area contributed by atoms with Crippen LogP contribution in [0.3, 0.4) is 0 Å². The molecule has 1 aromatic rings. The molecule has 0 saturated carbocycles. The number of aliphatic hydroxyl groups is 1. The molecule has 0 aromatic heterocycles. The van der Waals surface area contributed by atoms with Crippen molar-refractivity contribution in [3.63, 3.8) is 0 Å². The molecule has 198 valence electrons. The van der Waals surface area contributed by atoms with Gasteiger partial charge in [0, 0.05) is 32.5 Å². The summed E-state index contributed by atoms with van der Waals surface area (Å²) >= 11 is 0. The van der Waals surface area contributed by atoms with Crippen LogP contribution in [-0.2, 0) is 39.9 Å². The van der Waals surface area contributed by atoms with Crippen molar-refractivity contribution in [3.05, 3.63) is 29.8 Å². The Hall–Kier alpha value is -2.04. The zero-order valence-electron chi connectivity index (χ0n) is 21.8. The fourth-order valence-corrected chi connectivity index (χ4v) is 4.18. The Morgan fingerprint density at radius 3 is 2.37 bits per heavy atom. The van der Waals surface area contributed by atoms with E-state index in [-0.39, 0.29) is 25.6 Å². The van der Waals surface area contributed by atoms with Crippen molar-refractivity contribution in [1.29, 1.82) is 0 Å². The van der Waals surface area contributed by atoms with Gasteiger partial charge in [-0.15, -0.1) is 0 Å². The number of rotatable bonds is 15. The molecule has 1 saturated heterocycles. The van der Waals surface area contributed by atoms with Crippen molar-refractivity contribution in [2.24, 2.45) is 17.3 Å². The van der Waals surface area contributed by atoms with Crippen molar-refractivity contribution in [2.45, 2.75) is 65.1 Å². The van der Waals surface area contributed by atoms with Gasteiger partial charge in [-0.25, -0.2) is 0 Å². The number of ketones is 1. The third kappa shape index (κ3) is 7.47. The highest BCUT2D eigenvalue weighted by atomic mass is 16.7. The van der Waals surface area contributed by atoms with E-state index in [2.05, 4.69) is 0 Å². The van der Waals surface area contributed by atoms with Gasteiger partial charge in [-0.2, -0.15) is 0 Å². The van der Waals surface area contributed by atoms with Crippen LogP contribution in [0.1, 0.15) is 39.7 Å². The maximum Gasteiger partial charge on any atom is 0.314 e. The molecule has 1 aromatic carbocycles.